The van der Waals surface area contributed by atoms with Gasteiger partial charge in [0.2, 0.25) is 5.88 Å². The zero-order chi connectivity index (χ0) is 21.0. The van der Waals surface area contributed by atoms with Crippen molar-refractivity contribution in [2.45, 2.75) is 45.5 Å². The molecule has 7 nitrogen and oxygen atoms in total. The Hall–Kier alpha value is -3.17. The second kappa shape index (κ2) is 8.46. The first-order chi connectivity index (χ1) is 13.8. The molecule has 2 aromatic heterocycles. The number of carbonyl (C=O) groups is 1. The number of alkyl halides is 3. The number of aryl methyl sites for hydroxylation is 1. The molecule has 3 rings (SSSR count). The Morgan fingerprint density at radius 2 is 1.97 bits per heavy atom. The maximum atomic E-state index is 12.6. The minimum absolute atomic E-state index is 0.0997. The molecule has 0 unspecified atom stereocenters. The van der Waals surface area contributed by atoms with Gasteiger partial charge < -0.3 is 9.67 Å². The molecule has 0 bridgehead atoms. The predicted molar refractivity (Wildman–Crippen MR) is 99.9 cm³/mol. The first kappa shape index (κ1) is 20.6. The van der Waals surface area contributed by atoms with Gasteiger partial charge >= 0.3 is 6.18 Å². The van der Waals surface area contributed by atoms with Crippen LogP contribution >= 0.6 is 0 Å². The lowest BCUT2D eigenvalue weighted by Gasteiger charge is -2.05. The van der Waals surface area contributed by atoms with E-state index in [1.807, 2.05) is 12.1 Å². The zero-order valence-corrected chi connectivity index (χ0v) is 15.7. The average Bonchev–Trinajstić information content (AvgIpc) is 3.24. The summed E-state index contributed by atoms with van der Waals surface area (Å²) in [4.78, 5) is 12.0. The van der Waals surface area contributed by atoms with E-state index in [-0.39, 0.29) is 11.6 Å². The fraction of sp³-hybridized carbons (Fsp3) is 0.368. The van der Waals surface area contributed by atoms with Gasteiger partial charge in [0.25, 0.3) is 5.91 Å². The summed E-state index contributed by atoms with van der Waals surface area (Å²) < 4.78 is 40.3. The van der Waals surface area contributed by atoms with Gasteiger partial charge in [0.05, 0.1) is 5.52 Å². The van der Waals surface area contributed by atoms with Crippen LogP contribution in [0.3, 0.4) is 0 Å². The lowest BCUT2D eigenvalue weighted by atomic mass is 10.2. The van der Waals surface area contributed by atoms with Gasteiger partial charge in [0.15, 0.2) is 11.4 Å². The molecule has 29 heavy (non-hydrogen) atoms. The Kier molecular flexibility index (Phi) is 6.00. The highest BCUT2D eigenvalue weighted by molar-refractivity contribution is 5.95. The fourth-order valence-electron chi connectivity index (χ4n) is 2.99. The summed E-state index contributed by atoms with van der Waals surface area (Å²) in [5, 5.41) is 21.9. The Morgan fingerprint density at radius 3 is 2.66 bits per heavy atom. The highest BCUT2D eigenvalue weighted by atomic mass is 19.4. The van der Waals surface area contributed by atoms with Gasteiger partial charge in [-0.15, -0.1) is 10.2 Å². The topological polar surface area (TPSA) is 84.8 Å². The van der Waals surface area contributed by atoms with Crippen molar-refractivity contribution in [3.63, 3.8) is 0 Å². The molecule has 0 saturated carbocycles. The lowest BCUT2D eigenvalue weighted by molar-refractivity contribution is -0.141. The molecule has 2 heterocycles. The SMILES string of the molecule is CCCCCn1c(O)c(N=NC(=O)Cn2ccc(C(F)(F)F)n2)c2ccccc21. The van der Waals surface area contributed by atoms with Crippen LogP contribution in [-0.2, 0) is 24.1 Å². The molecule has 1 amide bonds. The number of hydrogen-bond acceptors (Lipinski definition) is 4. The van der Waals surface area contributed by atoms with Crippen LogP contribution in [0.5, 0.6) is 5.88 Å². The highest BCUT2D eigenvalue weighted by Gasteiger charge is 2.33. The number of fused-ring (bicyclic) bond motifs is 1. The van der Waals surface area contributed by atoms with E-state index in [1.54, 1.807) is 16.7 Å². The van der Waals surface area contributed by atoms with Crippen molar-refractivity contribution in [3.8, 4) is 5.88 Å². The predicted octanol–water partition coefficient (Wildman–Crippen LogP) is 5.06. The summed E-state index contributed by atoms with van der Waals surface area (Å²) in [6, 6.07) is 7.99. The summed E-state index contributed by atoms with van der Waals surface area (Å²) in [5.41, 5.74) is -0.165. The summed E-state index contributed by atoms with van der Waals surface area (Å²) in [5.74, 6) is -0.888. The number of azo groups is 1. The molecule has 0 spiro atoms. The van der Waals surface area contributed by atoms with Crippen LogP contribution in [0.2, 0.25) is 0 Å². The minimum atomic E-state index is -4.58. The monoisotopic (exact) mass is 407 g/mol. The van der Waals surface area contributed by atoms with Crippen molar-refractivity contribution in [3.05, 3.63) is 42.2 Å². The molecule has 0 aliphatic heterocycles. The molecule has 1 aromatic carbocycles. The van der Waals surface area contributed by atoms with Gasteiger partial charge in [0, 0.05) is 18.1 Å². The zero-order valence-electron chi connectivity index (χ0n) is 15.7. The van der Waals surface area contributed by atoms with Gasteiger partial charge in [0.1, 0.15) is 6.54 Å². The molecule has 3 aromatic rings. The van der Waals surface area contributed by atoms with E-state index in [0.717, 1.165) is 41.7 Å². The molecule has 0 saturated heterocycles. The number of hydrogen-bond donors (Lipinski definition) is 1. The number of para-hydroxylation sites is 1. The third kappa shape index (κ3) is 4.64. The number of aromatic hydroxyl groups is 1. The van der Waals surface area contributed by atoms with E-state index in [1.165, 1.54) is 0 Å². The van der Waals surface area contributed by atoms with Crippen LogP contribution in [0.25, 0.3) is 10.9 Å². The maximum Gasteiger partial charge on any atom is 0.435 e. The van der Waals surface area contributed by atoms with Crippen LogP contribution in [0.1, 0.15) is 31.9 Å². The van der Waals surface area contributed by atoms with Crippen molar-refractivity contribution < 1.29 is 23.1 Å². The van der Waals surface area contributed by atoms with E-state index in [9.17, 15) is 23.1 Å². The summed E-state index contributed by atoms with van der Waals surface area (Å²) in [6.07, 6.45) is -0.622. The van der Waals surface area contributed by atoms with Crippen molar-refractivity contribution in [1.82, 2.24) is 14.3 Å². The van der Waals surface area contributed by atoms with Gasteiger partial charge in [-0.05, 0) is 18.6 Å². The first-order valence-electron chi connectivity index (χ1n) is 9.16. The number of rotatable bonds is 7. The molecule has 0 fully saturated rings. The van der Waals surface area contributed by atoms with E-state index < -0.39 is 24.3 Å². The molecular weight excluding hydrogens is 387 g/mol. The average molecular weight is 407 g/mol. The molecule has 10 heteroatoms. The maximum absolute atomic E-state index is 12.6. The Morgan fingerprint density at radius 1 is 1.21 bits per heavy atom. The van der Waals surface area contributed by atoms with Crippen LogP contribution in [0.15, 0.2) is 46.8 Å². The smallest absolute Gasteiger partial charge is 0.435 e. The molecular formula is C19H20F3N5O2. The van der Waals surface area contributed by atoms with Crippen LogP contribution in [-0.4, -0.2) is 25.4 Å². The number of nitrogens with zero attached hydrogens (tertiary/aromatic N) is 5. The Labute approximate surface area is 164 Å². The van der Waals surface area contributed by atoms with E-state index in [0.29, 0.717) is 11.9 Å². The number of amides is 1. The van der Waals surface area contributed by atoms with E-state index in [4.69, 9.17) is 0 Å². The van der Waals surface area contributed by atoms with E-state index in [2.05, 4.69) is 22.3 Å². The summed E-state index contributed by atoms with van der Waals surface area (Å²) in [6.45, 7) is 2.18. The molecule has 154 valence electrons. The number of carbonyl (C=O) groups excluding carboxylic acids is 1. The normalized spacial score (nSPS) is 12.3. The van der Waals surface area contributed by atoms with Crippen molar-refractivity contribution >= 4 is 22.5 Å². The molecule has 0 aliphatic carbocycles. The standard InChI is InChI=1S/C19H20F3N5O2/c1-2-3-6-10-27-14-8-5-4-7-13(14)17(18(27)29)24-23-16(28)12-26-11-9-15(25-26)19(20,21)22/h4-5,7-9,11,29H,2-3,6,10,12H2,1H3. The van der Waals surface area contributed by atoms with Gasteiger partial charge in [-0.1, -0.05) is 38.0 Å². The third-order valence-electron chi connectivity index (χ3n) is 4.39. The number of halogens is 3. The molecule has 0 atom stereocenters. The number of aromatic nitrogens is 3. The molecule has 0 aliphatic rings. The molecule has 1 N–H and O–H groups in total. The summed E-state index contributed by atoms with van der Waals surface area (Å²) >= 11 is 0. The van der Waals surface area contributed by atoms with Gasteiger partial charge in [-0.3, -0.25) is 9.48 Å². The van der Waals surface area contributed by atoms with Crippen LogP contribution in [0, 0.1) is 0 Å². The highest BCUT2D eigenvalue weighted by Crippen LogP contribution is 2.39. The second-order valence-electron chi connectivity index (χ2n) is 6.54. The van der Waals surface area contributed by atoms with Crippen molar-refractivity contribution in [1.29, 1.82) is 0 Å². The number of unbranched alkanes of at least 4 members (excludes halogenated alkanes) is 2. The van der Waals surface area contributed by atoms with Crippen LogP contribution in [0.4, 0.5) is 18.9 Å². The Bertz CT molecular complexity index is 1040. The molecule has 0 radical (unpaired) electrons. The lowest BCUT2D eigenvalue weighted by Crippen LogP contribution is -2.11. The first-order valence-corrected chi connectivity index (χ1v) is 9.16. The van der Waals surface area contributed by atoms with Gasteiger partial charge in [-0.2, -0.15) is 18.3 Å². The van der Waals surface area contributed by atoms with E-state index >= 15 is 0 Å². The van der Waals surface area contributed by atoms with Gasteiger partial charge in [-0.25, -0.2) is 0 Å². The second-order valence-corrected chi connectivity index (χ2v) is 6.54. The summed E-state index contributed by atoms with van der Waals surface area (Å²) in [7, 11) is 0. The number of benzene rings is 1. The van der Waals surface area contributed by atoms with Crippen molar-refractivity contribution in [2.75, 3.05) is 0 Å². The minimum Gasteiger partial charge on any atom is -0.493 e. The van der Waals surface area contributed by atoms with Crippen molar-refractivity contribution in [2.24, 2.45) is 10.2 Å². The largest absolute Gasteiger partial charge is 0.493 e. The third-order valence-corrected chi connectivity index (χ3v) is 4.39. The van der Waals surface area contributed by atoms with Crippen LogP contribution < -0.4 is 0 Å². The Balaban J connectivity index is 1.80. The fourth-order valence-corrected chi connectivity index (χ4v) is 2.99. The quantitative estimate of drug-likeness (QED) is 0.439.